The van der Waals surface area contributed by atoms with Crippen molar-refractivity contribution < 1.29 is 23.0 Å². The van der Waals surface area contributed by atoms with E-state index in [1.807, 2.05) is 6.07 Å². The molecule has 0 amide bonds. The Bertz CT molecular complexity index is 793. The Hall–Kier alpha value is -2.30. The lowest BCUT2D eigenvalue weighted by atomic mass is 9.85. The molecule has 0 aliphatic carbocycles. The van der Waals surface area contributed by atoms with Gasteiger partial charge in [-0.3, -0.25) is 0 Å². The van der Waals surface area contributed by atoms with Crippen LogP contribution in [0.25, 0.3) is 5.76 Å². The van der Waals surface area contributed by atoms with Crippen molar-refractivity contribution in [3.8, 4) is 6.07 Å². The van der Waals surface area contributed by atoms with E-state index in [1.54, 1.807) is 47.8 Å². The van der Waals surface area contributed by atoms with Gasteiger partial charge in [0.05, 0.1) is 11.6 Å². The highest BCUT2D eigenvalue weighted by molar-refractivity contribution is 7.10. The van der Waals surface area contributed by atoms with Crippen molar-refractivity contribution in [2.24, 2.45) is 0 Å². The van der Waals surface area contributed by atoms with E-state index in [9.17, 15) is 23.5 Å². The third-order valence-corrected chi connectivity index (χ3v) is 4.82. The van der Waals surface area contributed by atoms with E-state index in [1.165, 1.54) is 11.3 Å². The van der Waals surface area contributed by atoms with Crippen LogP contribution in [-0.4, -0.2) is 17.1 Å². The number of thiophene rings is 1. The number of hydrogen-bond acceptors (Lipinski definition) is 4. The van der Waals surface area contributed by atoms with Gasteiger partial charge in [0.1, 0.15) is 5.76 Å². The summed E-state index contributed by atoms with van der Waals surface area (Å²) in [5.41, 5.74) is 0.399. The number of rotatable bonds is 2. The Balaban J connectivity index is 2.19. The molecule has 2 heterocycles. The van der Waals surface area contributed by atoms with Gasteiger partial charge in [0.25, 0.3) is 0 Å². The molecule has 0 radical (unpaired) electrons. The lowest BCUT2D eigenvalue weighted by Gasteiger charge is -2.38. The summed E-state index contributed by atoms with van der Waals surface area (Å²) in [6.07, 6.45) is -5.74. The molecule has 1 aromatic carbocycles. The van der Waals surface area contributed by atoms with Gasteiger partial charge in [0.15, 0.2) is 0 Å². The van der Waals surface area contributed by atoms with E-state index in [-0.39, 0.29) is 11.3 Å². The summed E-state index contributed by atoms with van der Waals surface area (Å²) in [6, 6.07) is 13.3. The van der Waals surface area contributed by atoms with Crippen LogP contribution in [0.4, 0.5) is 13.2 Å². The molecule has 1 aliphatic rings. The third kappa shape index (κ3) is 2.79. The Morgan fingerprint density at radius 1 is 1.21 bits per heavy atom. The summed E-state index contributed by atoms with van der Waals surface area (Å²) >= 11 is 1.24. The molecule has 1 N–H and O–H groups in total. The molecule has 0 bridgehead atoms. The molecule has 1 aliphatic heterocycles. The van der Waals surface area contributed by atoms with Crippen LogP contribution < -0.4 is 0 Å². The van der Waals surface area contributed by atoms with Crippen LogP contribution in [0.1, 0.15) is 22.8 Å². The highest BCUT2D eigenvalue weighted by atomic mass is 32.1. The summed E-state index contributed by atoms with van der Waals surface area (Å²) in [5, 5.41) is 21.4. The zero-order chi connectivity index (χ0) is 17.4. The Morgan fingerprint density at radius 2 is 1.92 bits per heavy atom. The van der Waals surface area contributed by atoms with E-state index in [2.05, 4.69) is 0 Å². The van der Waals surface area contributed by atoms with Gasteiger partial charge < -0.3 is 9.84 Å². The summed E-state index contributed by atoms with van der Waals surface area (Å²) in [4.78, 5) is 0.575. The molecule has 1 aromatic heterocycles. The second kappa shape index (κ2) is 5.96. The molecule has 24 heavy (non-hydrogen) atoms. The minimum Gasteiger partial charge on any atom is -0.451 e. The molecular weight excluding hydrogens is 339 g/mol. The number of aliphatic hydroxyl groups is 1. The highest BCUT2D eigenvalue weighted by Crippen LogP contribution is 2.50. The lowest BCUT2D eigenvalue weighted by Crippen LogP contribution is -2.50. The molecule has 0 fully saturated rings. The van der Waals surface area contributed by atoms with E-state index in [0.717, 1.165) is 0 Å². The number of allylic oxidation sites excluding steroid dienone is 1. The minimum absolute atomic E-state index is 0.0811. The predicted molar refractivity (Wildman–Crippen MR) is 82.7 cm³/mol. The molecule has 124 valence electrons. The fourth-order valence-electron chi connectivity index (χ4n) is 2.64. The van der Waals surface area contributed by atoms with Gasteiger partial charge in [0, 0.05) is 22.8 Å². The van der Waals surface area contributed by atoms with Crippen LogP contribution in [0.3, 0.4) is 0 Å². The lowest BCUT2D eigenvalue weighted by molar-refractivity contribution is -0.350. The van der Waals surface area contributed by atoms with Crippen molar-refractivity contribution in [3.63, 3.8) is 0 Å². The summed E-state index contributed by atoms with van der Waals surface area (Å²) in [6.45, 7) is 0. The van der Waals surface area contributed by atoms with Crippen molar-refractivity contribution >= 4 is 17.1 Å². The van der Waals surface area contributed by atoms with Gasteiger partial charge in [-0.05, 0) is 11.4 Å². The number of halogens is 3. The third-order valence-electron chi connectivity index (χ3n) is 3.83. The van der Waals surface area contributed by atoms with E-state index < -0.39 is 24.3 Å². The first-order valence-electron chi connectivity index (χ1n) is 7.07. The molecule has 3 rings (SSSR count). The quantitative estimate of drug-likeness (QED) is 0.870. The first kappa shape index (κ1) is 16.6. The molecule has 2 aromatic rings. The van der Waals surface area contributed by atoms with E-state index >= 15 is 0 Å². The molecule has 3 nitrogen and oxygen atoms in total. The van der Waals surface area contributed by atoms with Gasteiger partial charge in [-0.2, -0.15) is 18.4 Å². The number of benzene rings is 1. The smallest absolute Gasteiger partial charge is 0.451 e. The Labute approximate surface area is 140 Å². The fraction of sp³-hybridized carbons (Fsp3) is 0.235. The van der Waals surface area contributed by atoms with Crippen molar-refractivity contribution in [2.45, 2.75) is 24.3 Å². The van der Waals surface area contributed by atoms with Crippen LogP contribution in [0.15, 0.2) is 53.4 Å². The first-order chi connectivity index (χ1) is 11.4. The average Bonchev–Trinajstić information content (AvgIpc) is 3.08. The summed E-state index contributed by atoms with van der Waals surface area (Å²) < 4.78 is 45.1. The second-order valence-electron chi connectivity index (χ2n) is 5.38. The van der Waals surface area contributed by atoms with Crippen LogP contribution in [0.5, 0.6) is 0 Å². The molecule has 0 saturated carbocycles. The highest BCUT2D eigenvalue weighted by Gasteiger charge is 2.60. The molecule has 0 unspecified atom stereocenters. The van der Waals surface area contributed by atoms with Crippen molar-refractivity contribution in [1.82, 2.24) is 0 Å². The van der Waals surface area contributed by atoms with Crippen LogP contribution in [0.2, 0.25) is 0 Å². The largest absolute Gasteiger partial charge is 0.455 e. The first-order valence-corrected chi connectivity index (χ1v) is 7.95. The maximum absolute atomic E-state index is 13.4. The average molecular weight is 351 g/mol. The van der Waals surface area contributed by atoms with Gasteiger partial charge in [-0.1, -0.05) is 36.4 Å². The monoisotopic (exact) mass is 351 g/mol. The molecule has 7 heteroatoms. The number of alkyl halides is 3. The van der Waals surface area contributed by atoms with E-state index in [4.69, 9.17) is 4.74 Å². The predicted octanol–water partition coefficient (Wildman–Crippen LogP) is 4.44. The molecule has 2 atom stereocenters. The standard InChI is InChI=1S/C17H12F3NO2S/c18-17(19,20)16(22)9-12(14-7-4-8-24-14)13(10-21)15(23-16)11-5-2-1-3-6-11/h1-8,12,22H,9H2/t12-,16-/m0/s1. The maximum Gasteiger partial charge on any atom is 0.455 e. The SMILES string of the molecule is N#CC1=C(c2ccccc2)O[C@](O)(C(F)(F)F)C[C@@H]1c1cccs1. The van der Waals surface area contributed by atoms with Crippen molar-refractivity contribution in [3.05, 3.63) is 63.9 Å². The zero-order valence-electron chi connectivity index (χ0n) is 12.2. The van der Waals surface area contributed by atoms with Gasteiger partial charge in [-0.15, -0.1) is 11.3 Å². The minimum atomic E-state index is -4.98. The summed E-state index contributed by atoms with van der Waals surface area (Å²) in [7, 11) is 0. The molecular formula is C17H12F3NO2S. The zero-order valence-corrected chi connectivity index (χ0v) is 13.1. The normalized spacial score (nSPS) is 24.4. The van der Waals surface area contributed by atoms with Gasteiger partial charge in [0.2, 0.25) is 0 Å². The second-order valence-corrected chi connectivity index (χ2v) is 6.36. The van der Waals surface area contributed by atoms with Gasteiger partial charge in [-0.25, -0.2) is 0 Å². The Kier molecular flexibility index (Phi) is 4.11. The topological polar surface area (TPSA) is 53.2 Å². The van der Waals surface area contributed by atoms with Crippen LogP contribution in [-0.2, 0) is 4.74 Å². The number of ether oxygens (including phenoxy) is 1. The molecule has 0 spiro atoms. The van der Waals surface area contributed by atoms with E-state index in [0.29, 0.717) is 10.4 Å². The Morgan fingerprint density at radius 3 is 2.46 bits per heavy atom. The van der Waals surface area contributed by atoms with Gasteiger partial charge >= 0.3 is 12.0 Å². The number of nitrogens with zero attached hydrogens (tertiary/aromatic N) is 1. The summed E-state index contributed by atoms with van der Waals surface area (Å²) in [5.74, 6) is -4.46. The van der Waals surface area contributed by atoms with Crippen LogP contribution >= 0.6 is 11.3 Å². The number of hydrogen-bond donors (Lipinski definition) is 1. The number of nitriles is 1. The van der Waals surface area contributed by atoms with Crippen molar-refractivity contribution in [2.75, 3.05) is 0 Å². The van der Waals surface area contributed by atoms with Crippen molar-refractivity contribution in [1.29, 1.82) is 5.26 Å². The maximum atomic E-state index is 13.4. The molecule has 0 saturated heterocycles. The van der Waals surface area contributed by atoms with Crippen LogP contribution in [0, 0.1) is 11.3 Å². The fourth-order valence-corrected chi connectivity index (χ4v) is 3.48.